The van der Waals surface area contributed by atoms with Crippen LogP contribution in [0.3, 0.4) is 0 Å². The van der Waals surface area contributed by atoms with Crippen molar-refractivity contribution in [2.24, 2.45) is 5.92 Å². The molecule has 1 heteroatoms. The van der Waals surface area contributed by atoms with E-state index in [0.717, 1.165) is 26.1 Å². The Bertz CT molecular complexity index is 207. The quantitative estimate of drug-likeness (QED) is 0.448. The Hall–Kier alpha value is -0.560. The second-order valence-electron chi connectivity index (χ2n) is 4.80. The van der Waals surface area contributed by atoms with Crippen molar-refractivity contribution in [3.05, 3.63) is 23.3 Å². The van der Waals surface area contributed by atoms with E-state index in [-0.39, 0.29) is 0 Å². The fourth-order valence-electron chi connectivity index (χ4n) is 1.20. The van der Waals surface area contributed by atoms with Crippen LogP contribution in [0.25, 0.3) is 0 Å². The van der Waals surface area contributed by atoms with Gasteiger partial charge in [0.1, 0.15) is 0 Å². The first-order chi connectivity index (χ1) is 7.02. The van der Waals surface area contributed by atoms with Gasteiger partial charge in [-0.1, -0.05) is 37.1 Å². The highest BCUT2D eigenvalue weighted by Gasteiger charge is 1.92. The van der Waals surface area contributed by atoms with E-state index in [1.54, 1.807) is 0 Å². The molecule has 0 atom stereocenters. The van der Waals surface area contributed by atoms with Crippen LogP contribution in [0.5, 0.6) is 0 Å². The van der Waals surface area contributed by atoms with Gasteiger partial charge in [-0.15, -0.1) is 0 Å². The normalized spacial score (nSPS) is 12.0. The van der Waals surface area contributed by atoms with E-state index in [0.29, 0.717) is 5.92 Å². The molecule has 0 radical (unpaired) electrons. The van der Waals surface area contributed by atoms with Gasteiger partial charge in [-0.05, 0) is 39.5 Å². The molecule has 0 saturated heterocycles. The van der Waals surface area contributed by atoms with E-state index in [1.165, 1.54) is 11.1 Å². The summed E-state index contributed by atoms with van der Waals surface area (Å²) in [5.74, 6) is 0.629. The molecule has 0 rings (SSSR count). The molecule has 0 aromatic carbocycles. The zero-order valence-electron chi connectivity index (χ0n) is 11.0. The molecule has 0 fully saturated rings. The third-order valence-corrected chi connectivity index (χ3v) is 2.09. The fourth-order valence-corrected chi connectivity index (χ4v) is 1.20. The Kier molecular flexibility index (Phi) is 8.40. The molecule has 0 saturated carbocycles. The van der Waals surface area contributed by atoms with Gasteiger partial charge < -0.3 is 4.74 Å². The van der Waals surface area contributed by atoms with E-state index >= 15 is 0 Å². The third kappa shape index (κ3) is 11.4. The minimum atomic E-state index is 0.629. The largest absolute Gasteiger partial charge is 0.377 e. The van der Waals surface area contributed by atoms with Crippen molar-refractivity contribution in [2.75, 3.05) is 13.2 Å². The van der Waals surface area contributed by atoms with Gasteiger partial charge in [-0.2, -0.15) is 0 Å². The molecule has 0 amide bonds. The first-order valence-electron chi connectivity index (χ1n) is 5.89. The van der Waals surface area contributed by atoms with Crippen LogP contribution in [0, 0.1) is 5.92 Å². The molecule has 15 heavy (non-hydrogen) atoms. The summed E-state index contributed by atoms with van der Waals surface area (Å²) in [5, 5.41) is 0. The molecular weight excluding hydrogens is 184 g/mol. The lowest BCUT2D eigenvalue weighted by Crippen LogP contribution is -2.01. The van der Waals surface area contributed by atoms with Gasteiger partial charge in [-0.3, -0.25) is 0 Å². The molecule has 0 aromatic heterocycles. The van der Waals surface area contributed by atoms with Gasteiger partial charge in [0.15, 0.2) is 0 Å². The summed E-state index contributed by atoms with van der Waals surface area (Å²) in [7, 11) is 0. The molecule has 0 aliphatic heterocycles. The standard InChI is InChI=1S/C14H26O/c1-12(2)7-6-8-14(5)9-10-15-11-13(3)4/h7,9,13H,6,8,10-11H2,1-5H3. The van der Waals surface area contributed by atoms with Crippen LogP contribution in [0.15, 0.2) is 23.3 Å². The Morgan fingerprint density at radius 1 is 1.13 bits per heavy atom. The SMILES string of the molecule is CC(C)=CCCC(C)=CCOCC(C)C. The Morgan fingerprint density at radius 3 is 2.33 bits per heavy atom. The van der Waals surface area contributed by atoms with Crippen molar-refractivity contribution in [2.45, 2.75) is 47.5 Å². The lowest BCUT2D eigenvalue weighted by Gasteiger charge is -2.04. The van der Waals surface area contributed by atoms with Crippen LogP contribution < -0.4 is 0 Å². The molecule has 0 unspecified atom stereocenters. The molecular formula is C14H26O. The van der Waals surface area contributed by atoms with Crippen molar-refractivity contribution in [1.29, 1.82) is 0 Å². The molecule has 0 N–H and O–H groups in total. The maximum atomic E-state index is 5.50. The van der Waals surface area contributed by atoms with Crippen molar-refractivity contribution >= 4 is 0 Å². The minimum Gasteiger partial charge on any atom is -0.377 e. The second-order valence-corrected chi connectivity index (χ2v) is 4.80. The monoisotopic (exact) mass is 210 g/mol. The molecule has 0 bridgehead atoms. The highest BCUT2D eigenvalue weighted by molar-refractivity contribution is 5.02. The molecule has 0 aliphatic rings. The lowest BCUT2D eigenvalue weighted by atomic mass is 10.1. The Morgan fingerprint density at radius 2 is 1.80 bits per heavy atom. The second kappa shape index (κ2) is 8.72. The number of hydrogen-bond acceptors (Lipinski definition) is 1. The van der Waals surface area contributed by atoms with Gasteiger partial charge in [-0.25, -0.2) is 0 Å². The van der Waals surface area contributed by atoms with E-state index in [2.05, 4.69) is 46.8 Å². The molecule has 0 aliphatic carbocycles. The van der Waals surface area contributed by atoms with Crippen molar-refractivity contribution < 1.29 is 4.74 Å². The van der Waals surface area contributed by atoms with Crippen molar-refractivity contribution in [3.8, 4) is 0 Å². The van der Waals surface area contributed by atoms with Crippen molar-refractivity contribution in [3.63, 3.8) is 0 Å². The summed E-state index contributed by atoms with van der Waals surface area (Å²) in [4.78, 5) is 0. The van der Waals surface area contributed by atoms with Crippen LogP contribution in [0.1, 0.15) is 47.5 Å². The molecule has 1 nitrogen and oxygen atoms in total. The Labute approximate surface area is 95.2 Å². The topological polar surface area (TPSA) is 9.23 Å². The van der Waals surface area contributed by atoms with Gasteiger partial charge in [0.25, 0.3) is 0 Å². The summed E-state index contributed by atoms with van der Waals surface area (Å²) < 4.78 is 5.50. The van der Waals surface area contributed by atoms with E-state index < -0.39 is 0 Å². The summed E-state index contributed by atoms with van der Waals surface area (Å²) in [6, 6.07) is 0. The first-order valence-corrected chi connectivity index (χ1v) is 5.89. The average molecular weight is 210 g/mol. The van der Waals surface area contributed by atoms with Crippen LogP contribution in [-0.4, -0.2) is 13.2 Å². The average Bonchev–Trinajstić information content (AvgIpc) is 2.11. The van der Waals surface area contributed by atoms with Gasteiger partial charge in [0.2, 0.25) is 0 Å². The molecule has 0 heterocycles. The van der Waals surface area contributed by atoms with Gasteiger partial charge in [0, 0.05) is 6.61 Å². The predicted octanol–water partition coefficient (Wildman–Crippen LogP) is 4.35. The number of hydrogen-bond donors (Lipinski definition) is 0. The fraction of sp³-hybridized carbons (Fsp3) is 0.714. The van der Waals surface area contributed by atoms with E-state index in [4.69, 9.17) is 4.74 Å². The zero-order chi connectivity index (χ0) is 11.7. The van der Waals surface area contributed by atoms with Crippen LogP contribution in [0.2, 0.25) is 0 Å². The lowest BCUT2D eigenvalue weighted by molar-refractivity contribution is 0.134. The zero-order valence-corrected chi connectivity index (χ0v) is 11.0. The van der Waals surface area contributed by atoms with E-state index in [9.17, 15) is 0 Å². The third-order valence-electron chi connectivity index (χ3n) is 2.09. The van der Waals surface area contributed by atoms with Gasteiger partial charge >= 0.3 is 0 Å². The Balaban J connectivity index is 3.57. The highest BCUT2D eigenvalue weighted by atomic mass is 16.5. The summed E-state index contributed by atoms with van der Waals surface area (Å²) in [5.41, 5.74) is 2.83. The highest BCUT2D eigenvalue weighted by Crippen LogP contribution is 2.06. The van der Waals surface area contributed by atoms with Crippen LogP contribution in [0.4, 0.5) is 0 Å². The van der Waals surface area contributed by atoms with E-state index in [1.807, 2.05) is 0 Å². The first kappa shape index (κ1) is 14.4. The maximum absolute atomic E-state index is 5.50. The molecule has 0 aromatic rings. The number of rotatable bonds is 7. The van der Waals surface area contributed by atoms with Crippen LogP contribution in [-0.2, 0) is 4.74 Å². The number of ether oxygens (including phenoxy) is 1. The van der Waals surface area contributed by atoms with Gasteiger partial charge in [0.05, 0.1) is 6.61 Å². The molecule has 0 spiro atoms. The summed E-state index contributed by atoms with van der Waals surface area (Å²) in [6.07, 6.45) is 6.78. The summed E-state index contributed by atoms with van der Waals surface area (Å²) in [6.45, 7) is 12.4. The van der Waals surface area contributed by atoms with Crippen LogP contribution >= 0.6 is 0 Å². The predicted molar refractivity (Wildman–Crippen MR) is 68.1 cm³/mol. The maximum Gasteiger partial charge on any atom is 0.0650 e. The van der Waals surface area contributed by atoms with Crippen molar-refractivity contribution in [1.82, 2.24) is 0 Å². The smallest absolute Gasteiger partial charge is 0.0650 e. The number of allylic oxidation sites excluding steroid dienone is 3. The minimum absolute atomic E-state index is 0.629. The molecule has 88 valence electrons. The summed E-state index contributed by atoms with van der Waals surface area (Å²) >= 11 is 0.